The van der Waals surface area contributed by atoms with Crippen LogP contribution in [0.3, 0.4) is 0 Å². The molecular weight excluding hydrogens is 915 g/mol. The molecule has 0 spiro atoms. The van der Waals surface area contributed by atoms with Crippen LogP contribution in [-0.4, -0.2) is 183 Å². The summed E-state index contributed by atoms with van der Waals surface area (Å²) in [7, 11) is 0. The molecule has 380 valence electrons. The van der Waals surface area contributed by atoms with Gasteiger partial charge in [-0.25, -0.2) is 4.99 Å². The Morgan fingerprint density at radius 1 is 0.662 bits per heavy atom. The number of carbonyl (C=O) groups excluding carboxylic acids is 5. The minimum absolute atomic E-state index is 0.0855. The summed E-state index contributed by atoms with van der Waals surface area (Å²) in [5.41, 5.74) is 11.6. The monoisotopic (exact) mass is 981 g/mol. The maximum atomic E-state index is 12.9. The molecular formula is C44H67N7O16S. The van der Waals surface area contributed by atoms with Gasteiger partial charge in [0, 0.05) is 36.9 Å². The van der Waals surface area contributed by atoms with Gasteiger partial charge in [-0.3, -0.25) is 28.8 Å². The maximum Gasteiger partial charge on any atom is 0.305 e. The Morgan fingerprint density at radius 2 is 1.19 bits per heavy atom. The first-order valence-corrected chi connectivity index (χ1v) is 23.0. The molecule has 0 saturated heterocycles. The molecule has 68 heavy (non-hydrogen) atoms. The zero-order valence-electron chi connectivity index (χ0n) is 38.5. The number of carboxylic acids is 1. The van der Waals surface area contributed by atoms with Gasteiger partial charge in [0.2, 0.25) is 17.7 Å². The van der Waals surface area contributed by atoms with Crippen molar-refractivity contribution < 1.29 is 76.5 Å². The highest BCUT2D eigenvalue weighted by atomic mass is 32.2. The van der Waals surface area contributed by atoms with Crippen molar-refractivity contribution >= 4 is 63.8 Å². The first kappa shape index (κ1) is 58.7. The van der Waals surface area contributed by atoms with Gasteiger partial charge in [0.1, 0.15) is 11.8 Å². The van der Waals surface area contributed by atoms with Gasteiger partial charge in [0.25, 0.3) is 5.91 Å². The van der Waals surface area contributed by atoms with Gasteiger partial charge in [-0.05, 0) is 48.9 Å². The first-order valence-electron chi connectivity index (χ1n) is 22.0. The second-order valence-electron chi connectivity index (χ2n) is 14.0. The molecule has 0 heterocycles. The number of hydrogen-bond acceptors (Lipinski definition) is 17. The van der Waals surface area contributed by atoms with Crippen molar-refractivity contribution in [1.29, 1.82) is 0 Å². The summed E-state index contributed by atoms with van der Waals surface area (Å²) in [6.07, 6.45) is 0.0161. The zero-order valence-corrected chi connectivity index (χ0v) is 39.4. The van der Waals surface area contributed by atoms with Gasteiger partial charge >= 0.3 is 5.97 Å². The molecule has 0 radical (unpaired) electrons. The van der Waals surface area contributed by atoms with E-state index >= 15 is 0 Å². The van der Waals surface area contributed by atoms with Crippen molar-refractivity contribution in [2.45, 2.75) is 32.2 Å². The Bertz CT molecular complexity index is 1790. The molecule has 9 N–H and O–H groups in total. The summed E-state index contributed by atoms with van der Waals surface area (Å²) >= 11 is 1.24. The van der Waals surface area contributed by atoms with Crippen LogP contribution in [0.5, 0.6) is 5.75 Å². The Morgan fingerprint density at radius 3 is 1.71 bits per heavy atom. The number of carboxylic acid groups (broad SMARTS) is 1. The molecule has 2 rings (SSSR count). The molecule has 0 aromatic heterocycles. The van der Waals surface area contributed by atoms with E-state index in [1.54, 1.807) is 36.4 Å². The lowest BCUT2D eigenvalue weighted by molar-refractivity contribution is -0.139. The average molecular weight is 982 g/mol. The highest BCUT2D eigenvalue weighted by Gasteiger charge is 2.24. The van der Waals surface area contributed by atoms with Gasteiger partial charge in [0.15, 0.2) is 11.1 Å². The first-order chi connectivity index (χ1) is 32.9. The van der Waals surface area contributed by atoms with Crippen LogP contribution >= 0.6 is 11.8 Å². The van der Waals surface area contributed by atoms with E-state index in [0.29, 0.717) is 142 Å². The van der Waals surface area contributed by atoms with Crippen molar-refractivity contribution in [2.24, 2.45) is 16.5 Å². The topological polar surface area (TPSA) is 318 Å². The van der Waals surface area contributed by atoms with Crippen molar-refractivity contribution in [3.8, 4) is 5.75 Å². The highest BCUT2D eigenvalue weighted by Crippen LogP contribution is 2.17. The molecule has 2 aromatic carbocycles. The van der Waals surface area contributed by atoms with Crippen LogP contribution in [0.15, 0.2) is 53.5 Å². The molecule has 2 aromatic rings. The van der Waals surface area contributed by atoms with E-state index in [4.69, 9.17) is 54.1 Å². The summed E-state index contributed by atoms with van der Waals surface area (Å²) in [5.74, 6) is -2.73. The standard InChI is InChI=1S/C44H67N7O16S/c1-33(52)68-29-28-66-27-26-65-25-24-64-23-22-63-21-20-62-19-18-61-17-16-60-15-14-59-13-10-39(53)47-11-3-12-67-37-8-6-35(7-9-37)49-43(58)38(31-41(55)56)51-40(54)32-48-42(57)34-4-2-5-36(30-34)50-44(45)46/h2,4-9,30,38H,3,10-29,31-32H2,1H3,(H,47,53)(H,48,57)(H,49,58)(H,51,54)(H,55,56)(H4,45,46,50)/t38-/m0/s1. The summed E-state index contributed by atoms with van der Waals surface area (Å²) < 4.78 is 49.3. The third kappa shape index (κ3) is 32.3. The Labute approximate surface area is 400 Å². The molecule has 0 bridgehead atoms. The number of nitrogens with one attached hydrogen (secondary N) is 4. The molecule has 1 atom stereocenters. The molecule has 23 nitrogen and oxygen atoms in total. The lowest BCUT2D eigenvalue weighted by Crippen LogP contribution is -2.48. The second kappa shape index (κ2) is 38.5. The summed E-state index contributed by atoms with van der Waals surface area (Å²) in [6, 6.07) is 10.9. The number of ether oxygens (including phenoxy) is 9. The number of aliphatic imine (C=N–C) groups is 1. The van der Waals surface area contributed by atoms with Crippen molar-refractivity contribution in [1.82, 2.24) is 16.0 Å². The number of nitrogens with zero attached hydrogens (tertiary/aromatic N) is 1. The highest BCUT2D eigenvalue weighted by molar-refractivity contribution is 8.13. The summed E-state index contributed by atoms with van der Waals surface area (Å²) in [4.78, 5) is 76.2. The fourth-order valence-electron chi connectivity index (χ4n) is 5.25. The molecule has 0 saturated carbocycles. The van der Waals surface area contributed by atoms with E-state index in [0.717, 1.165) is 0 Å². The molecule has 4 amide bonds. The fourth-order valence-corrected chi connectivity index (χ4v) is 5.74. The third-order valence-corrected chi connectivity index (χ3v) is 9.23. The van der Waals surface area contributed by atoms with Crippen LogP contribution in [0.2, 0.25) is 0 Å². The number of guanidine groups is 1. The molecule has 0 aliphatic rings. The van der Waals surface area contributed by atoms with Crippen LogP contribution in [0, 0.1) is 0 Å². The quantitative estimate of drug-likeness (QED) is 0.0273. The Kier molecular flexibility index (Phi) is 33.2. The number of thioether (sulfide) groups is 1. The molecule has 0 fully saturated rings. The smallest absolute Gasteiger partial charge is 0.305 e. The second-order valence-corrected chi connectivity index (χ2v) is 15.3. The van der Waals surface area contributed by atoms with Gasteiger partial charge in [-0.1, -0.05) is 17.8 Å². The summed E-state index contributed by atoms with van der Waals surface area (Å²) in [6.45, 7) is 8.58. The number of anilines is 1. The SMILES string of the molecule is CC(=O)SCCOCCOCCOCCOCCOCCOCCOCCOCCC(=O)NCCCOc1ccc(NC(=O)[C@H](CC(=O)O)NC(=O)CNC(=O)c2cccc(N=C(N)N)c2)cc1. The van der Waals surface area contributed by atoms with Crippen molar-refractivity contribution in [3.05, 3.63) is 54.1 Å². The third-order valence-electron chi connectivity index (χ3n) is 8.45. The Balaban J connectivity index is 1.41. The Hall–Kier alpha value is -5.44. The van der Waals surface area contributed by atoms with E-state index in [2.05, 4.69) is 26.3 Å². The van der Waals surface area contributed by atoms with Crippen molar-refractivity contribution in [3.63, 3.8) is 0 Å². The number of hydrogen-bond donors (Lipinski definition) is 7. The molecule has 0 aliphatic heterocycles. The number of amides is 4. The summed E-state index contributed by atoms with van der Waals surface area (Å²) in [5, 5.41) is 19.5. The number of aliphatic carboxylic acids is 1. The number of nitrogens with two attached hydrogens (primary N) is 2. The van der Waals surface area contributed by atoms with Gasteiger partial charge < -0.3 is 80.5 Å². The van der Waals surface area contributed by atoms with Crippen molar-refractivity contribution in [2.75, 3.05) is 136 Å². The van der Waals surface area contributed by atoms with Crippen LogP contribution in [0.1, 0.15) is 36.5 Å². The van der Waals surface area contributed by atoms with E-state index in [1.165, 1.54) is 30.8 Å². The van der Waals surface area contributed by atoms with Crippen LogP contribution < -0.4 is 37.5 Å². The maximum absolute atomic E-state index is 12.9. The van der Waals surface area contributed by atoms with E-state index < -0.39 is 42.7 Å². The van der Waals surface area contributed by atoms with E-state index in [-0.39, 0.29) is 35.6 Å². The number of rotatable bonds is 41. The zero-order chi connectivity index (χ0) is 49.5. The van der Waals surface area contributed by atoms with Crippen LogP contribution in [0.25, 0.3) is 0 Å². The van der Waals surface area contributed by atoms with Gasteiger partial charge in [-0.2, -0.15) is 0 Å². The number of carbonyl (C=O) groups is 6. The predicted octanol–water partition coefficient (Wildman–Crippen LogP) is 0.607. The average Bonchev–Trinajstić information content (AvgIpc) is 3.30. The lowest BCUT2D eigenvalue weighted by Gasteiger charge is -2.17. The largest absolute Gasteiger partial charge is 0.494 e. The van der Waals surface area contributed by atoms with E-state index in [1.807, 2.05) is 0 Å². The molecule has 0 unspecified atom stereocenters. The normalized spacial score (nSPS) is 11.3. The molecule has 0 aliphatic carbocycles. The van der Waals surface area contributed by atoms with Crippen LogP contribution in [-0.2, 0) is 61.9 Å². The lowest BCUT2D eigenvalue weighted by atomic mass is 10.1. The van der Waals surface area contributed by atoms with Gasteiger partial charge in [0.05, 0.1) is 131 Å². The minimum atomic E-state index is -1.44. The van der Waals surface area contributed by atoms with E-state index in [9.17, 15) is 33.9 Å². The fraction of sp³-hybridized carbons (Fsp3) is 0.568. The van der Waals surface area contributed by atoms with Gasteiger partial charge in [-0.15, -0.1) is 0 Å². The number of benzene rings is 2. The minimum Gasteiger partial charge on any atom is -0.494 e. The predicted molar refractivity (Wildman–Crippen MR) is 251 cm³/mol. The molecule has 24 heteroatoms. The van der Waals surface area contributed by atoms with Crippen LogP contribution in [0.4, 0.5) is 11.4 Å².